The first-order valence-corrected chi connectivity index (χ1v) is 5.42. The predicted octanol–water partition coefficient (Wildman–Crippen LogP) is 2.71. The van der Waals surface area contributed by atoms with Crippen LogP contribution in [0.15, 0.2) is 36.5 Å². The maximum Gasteiger partial charge on any atom is 0.276 e. The van der Waals surface area contributed by atoms with E-state index in [4.69, 9.17) is 17.3 Å². The first-order valence-electron chi connectivity index (χ1n) is 5.05. The number of carbonyl (C=O) groups is 1. The number of anilines is 2. The van der Waals surface area contributed by atoms with Crippen molar-refractivity contribution < 1.29 is 9.18 Å². The van der Waals surface area contributed by atoms with E-state index < -0.39 is 11.7 Å². The summed E-state index contributed by atoms with van der Waals surface area (Å²) in [5.74, 6) is -1.04. The Kier molecular flexibility index (Phi) is 3.43. The Balaban J connectivity index is 2.27. The maximum absolute atomic E-state index is 13.0. The fourth-order valence-electron chi connectivity index (χ4n) is 1.38. The SMILES string of the molecule is Nc1cccnc1C(=O)Nc1cc(F)ccc1Cl. The first-order chi connectivity index (χ1) is 8.58. The van der Waals surface area contributed by atoms with Crippen molar-refractivity contribution in [3.63, 3.8) is 0 Å². The van der Waals surface area contributed by atoms with Crippen molar-refractivity contribution >= 4 is 28.9 Å². The van der Waals surface area contributed by atoms with Crippen LogP contribution in [0.3, 0.4) is 0 Å². The molecule has 0 aliphatic rings. The molecule has 0 atom stereocenters. The topological polar surface area (TPSA) is 68.0 Å². The van der Waals surface area contributed by atoms with Gasteiger partial charge in [0.15, 0.2) is 5.69 Å². The molecule has 0 saturated carbocycles. The van der Waals surface area contributed by atoms with Gasteiger partial charge in [0.1, 0.15) is 5.82 Å². The highest BCUT2D eigenvalue weighted by Gasteiger charge is 2.13. The number of hydrogen-bond donors (Lipinski definition) is 2. The zero-order valence-electron chi connectivity index (χ0n) is 9.15. The average molecular weight is 266 g/mol. The lowest BCUT2D eigenvalue weighted by Crippen LogP contribution is -2.16. The molecule has 1 aromatic carbocycles. The predicted molar refractivity (Wildman–Crippen MR) is 68.0 cm³/mol. The number of nitrogens with zero attached hydrogens (tertiary/aromatic N) is 1. The molecule has 2 aromatic rings. The van der Waals surface area contributed by atoms with E-state index in [0.29, 0.717) is 0 Å². The van der Waals surface area contributed by atoms with Gasteiger partial charge in [0.25, 0.3) is 5.91 Å². The van der Waals surface area contributed by atoms with Gasteiger partial charge in [0.05, 0.1) is 16.4 Å². The molecular formula is C12H9ClFN3O. The van der Waals surface area contributed by atoms with Gasteiger partial charge in [-0.3, -0.25) is 4.79 Å². The van der Waals surface area contributed by atoms with Gasteiger partial charge in [-0.25, -0.2) is 9.37 Å². The molecule has 4 nitrogen and oxygen atoms in total. The van der Waals surface area contributed by atoms with Crippen LogP contribution in [-0.2, 0) is 0 Å². The van der Waals surface area contributed by atoms with E-state index in [-0.39, 0.29) is 22.1 Å². The Hall–Kier alpha value is -2.14. The van der Waals surface area contributed by atoms with Gasteiger partial charge in [-0.1, -0.05) is 11.6 Å². The molecule has 0 aliphatic heterocycles. The molecule has 3 N–H and O–H groups in total. The second-order valence-corrected chi connectivity index (χ2v) is 3.93. The molecule has 18 heavy (non-hydrogen) atoms. The van der Waals surface area contributed by atoms with Crippen LogP contribution in [0.5, 0.6) is 0 Å². The van der Waals surface area contributed by atoms with Gasteiger partial charge in [0.2, 0.25) is 0 Å². The standard InChI is InChI=1S/C12H9ClFN3O/c13-8-4-3-7(14)6-10(8)17-12(18)11-9(15)2-1-5-16-11/h1-6H,15H2,(H,17,18). The summed E-state index contributed by atoms with van der Waals surface area (Å²) >= 11 is 5.83. The number of pyridine rings is 1. The number of halogens is 2. The largest absolute Gasteiger partial charge is 0.397 e. The molecule has 0 spiro atoms. The molecule has 92 valence electrons. The summed E-state index contributed by atoms with van der Waals surface area (Å²) in [4.78, 5) is 15.7. The van der Waals surface area contributed by atoms with Gasteiger partial charge in [-0.05, 0) is 30.3 Å². The molecule has 0 saturated heterocycles. The Morgan fingerprint density at radius 3 is 2.89 bits per heavy atom. The number of rotatable bonds is 2. The highest BCUT2D eigenvalue weighted by atomic mass is 35.5. The molecule has 1 amide bonds. The van der Waals surface area contributed by atoms with E-state index in [0.717, 1.165) is 6.07 Å². The number of nitrogens with two attached hydrogens (primary N) is 1. The molecule has 0 fully saturated rings. The van der Waals surface area contributed by atoms with E-state index in [2.05, 4.69) is 10.3 Å². The minimum absolute atomic E-state index is 0.0674. The second-order valence-electron chi connectivity index (χ2n) is 3.52. The van der Waals surface area contributed by atoms with Gasteiger partial charge in [-0.15, -0.1) is 0 Å². The summed E-state index contributed by atoms with van der Waals surface area (Å²) in [6.07, 6.45) is 1.44. The molecule has 0 unspecified atom stereocenters. The smallest absolute Gasteiger partial charge is 0.276 e. The van der Waals surface area contributed by atoms with E-state index in [9.17, 15) is 9.18 Å². The Morgan fingerprint density at radius 1 is 1.39 bits per heavy atom. The second kappa shape index (κ2) is 5.01. The number of carbonyl (C=O) groups excluding carboxylic acids is 1. The summed E-state index contributed by atoms with van der Waals surface area (Å²) in [5, 5.41) is 2.69. The third-order valence-electron chi connectivity index (χ3n) is 2.23. The van der Waals surface area contributed by atoms with Crippen molar-refractivity contribution in [1.29, 1.82) is 0 Å². The van der Waals surface area contributed by atoms with Gasteiger partial charge in [0, 0.05) is 6.20 Å². The lowest BCUT2D eigenvalue weighted by Gasteiger charge is -2.08. The zero-order chi connectivity index (χ0) is 13.1. The quantitative estimate of drug-likeness (QED) is 0.877. The van der Waals surface area contributed by atoms with Crippen LogP contribution in [0.4, 0.5) is 15.8 Å². The van der Waals surface area contributed by atoms with Crippen molar-refractivity contribution in [3.05, 3.63) is 53.1 Å². The van der Waals surface area contributed by atoms with E-state index >= 15 is 0 Å². The fraction of sp³-hybridized carbons (Fsp3) is 0. The van der Waals surface area contributed by atoms with Crippen molar-refractivity contribution in [1.82, 2.24) is 4.98 Å². The molecule has 0 bridgehead atoms. The Morgan fingerprint density at radius 2 is 2.17 bits per heavy atom. The lowest BCUT2D eigenvalue weighted by molar-refractivity contribution is 0.102. The highest BCUT2D eigenvalue weighted by Crippen LogP contribution is 2.23. The van der Waals surface area contributed by atoms with Crippen LogP contribution in [0.2, 0.25) is 5.02 Å². The van der Waals surface area contributed by atoms with Crippen LogP contribution < -0.4 is 11.1 Å². The van der Waals surface area contributed by atoms with Crippen LogP contribution in [0.1, 0.15) is 10.5 Å². The van der Waals surface area contributed by atoms with Crippen LogP contribution in [-0.4, -0.2) is 10.9 Å². The summed E-state index contributed by atoms with van der Waals surface area (Å²) in [6.45, 7) is 0. The average Bonchev–Trinajstić information content (AvgIpc) is 2.34. The third kappa shape index (κ3) is 2.57. The molecule has 1 aromatic heterocycles. The van der Waals surface area contributed by atoms with E-state index in [1.54, 1.807) is 12.1 Å². The number of amides is 1. The fourth-order valence-corrected chi connectivity index (χ4v) is 1.55. The van der Waals surface area contributed by atoms with Crippen molar-refractivity contribution in [2.45, 2.75) is 0 Å². The van der Waals surface area contributed by atoms with Crippen LogP contribution >= 0.6 is 11.6 Å². The monoisotopic (exact) mass is 265 g/mol. The van der Waals surface area contributed by atoms with Crippen molar-refractivity contribution in [2.75, 3.05) is 11.1 Å². The first kappa shape index (κ1) is 12.3. The number of benzene rings is 1. The van der Waals surface area contributed by atoms with Gasteiger partial charge in [-0.2, -0.15) is 0 Å². The zero-order valence-corrected chi connectivity index (χ0v) is 9.91. The van der Waals surface area contributed by atoms with Crippen LogP contribution in [0.25, 0.3) is 0 Å². The van der Waals surface area contributed by atoms with Gasteiger partial charge >= 0.3 is 0 Å². The number of nitrogen functional groups attached to an aromatic ring is 1. The molecule has 1 heterocycles. The highest BCUT2D eigenvalue weighted by molar-refractivity contribution is 6.33. The van der Waals surface area contributed by atoms with Crippen molar-refractivity contribution in [2.24, 2.45) is 0 Å². The van der Waals surface area contributed by atoms with Crippen molar-refractivity contribution in [3.8, 4) is 0 Å². The summed E-state index contributed by atoms with van der Waals surface area (Å²) in [5.41, 5.74) is 6.09. The van der Waals surface area contributed by atoms with E-state index in [1.165, 1.54) is 18.3 Å². The molecule has 0 aliphatic carbocycles. The summed E-state index contributed by atoms with van der Waals surface area (Å²) < 4.78 is 13.0. The van der Waals surface area contributed by atoms with E-state index in [1.807, 2.05) is 0 Å². The Bertz CT molecular complexity index is 604. The normalized spacial score (nSPS) is 10.1. The van der Waals surface area contributed by atoms with Crippen LogP contribution in [0, 0.1) is 5.82 Å². The molecule has 2 rings (SSSR count). The minimum Gasteiger partial charge on any atom is -0.397 e. The third-order valence-corrected chi connectivity index (χ3v) is 2.56. The number of hydrogen-bond acceptors (Lipinski definition) is 3. The van der Waals surface area contributed by atoms with Gasteiger partial charge < -0.3 is 11.1 Å². The number of aromatic nitrogens is 1. The lowest BCUT2D eigenvalue weighted by atomic mass is 10.2. The molecular weight excluding hydrogens is 257 g/mol. The maximum atomic E-state index is 13.0. The Labute approximate surface area is 108 Å². The summed E-state index contributed by atoms with van der Waals surface area (Å²) in [7, 11) is 0. The molecule has 0 radical (unpaired) electrons. The minimum atomic E-state index is -0.541. The summed E-state index contributed by atoms with van der Waals surface area (Å²) in [6, 6.07) is 6.84. The molecule has 6 heteroatoms. The number of nitrogens with one attached hydrogen (secondary N) is 1.